The van der Waals surface area contributed by atoms with Crippen molar-refractivity contribution in [3.63, 3.8) is 0 Å². The van der Waals surface area contributed by atoms with E-state index in [0.29, 0.717) is 12.8 Å². The zero-order valence-corrected chi connectivity index (χ0v) is 8.82. The van der Waals surface area contributed by atoms with E-state index >= 15 is 0 Å². The maximum Gasteiger partial charge on any atom is 0.251 e. The minimum Gasteiger partial charge on any atom is -0.333 e. The number of hydrogen-bond donors (Lipinski definition) is 1. The largest absolute Gasteiger partial charge is 0.333 e. The van der Waals surface area contributed by atoms with E-state index in [1.54, 1.807) is 0 Å². The van der Waals surface area contributed by atoms with Gasteiger partial charge in [-0.1, -0.05) is 20.3 Å². The molecule has 1 aliphatic carbocycles. The van der Waals surface area contributed by atoms with E-state index in [1.165, 1.54) is 7.05 Å². The molecule has 0 aliphatic heterocycles. The molecule has 1 fully saturated rings. The highest BCUT2D eigenvalue weighted by atomic mass is 19.3. The molecular formula is C10H21F2N. The van der Waals surface area contributed by atoms with Gasteiger partial charge < -0.3 is 5.73 Å². The van der Waals surface area contributed by atoms with Crippen LogP contribution in [0, 0.1) is 11.8 Å². The lowest BCUT2D eigenvalue weighted by Gasteiger charge is -2.33. The highest BCUT2D eigenvalue weighted by molar-refractivity contribution is 4.83. The zero-order valence-electron chi connectivity index (χ0n) is 8.82. The van der Waals surface area contributed by atoms with Gasteiger partial charge in [0.25, 0.3) is 5.92 Å². The standard InChI is InChI=1S/C9H16F2.CH5N/c1-7(2)8-5-3-4-6-9(8,10)11;1-2/h7-8H,3-6H2,1-2H3;2H2,1H3. The van der Waals surface area contributed by atoms with Gasteiger partial charge in [0, 0.05) is 12.3 Å². The molecule has 0 aromatic rings. The van der Waals surface area contributed by atoms with Gasteiger partial charge in [-0.15, -0.1) is 0 Å². The Kier molecular flexibility index (Phi) is 5.45. The molecule has 0 spiro atoms. The predicted molar refractivity (Wildman–Crippen MR) is 51.9 cm³/mol. The molecule has 2 N–H and O–H groups in total. The Balaban J connectivity index is 0.000000671. The molecule has 1 aliphatic rings. The first-order valence-corrected chi connectivity index (χ1v) is 4.99. The molecule has 0 aromatic heterocycles. The molecule has 1 atom stereocenters. The lowest BCUT2D eigenvalue weighted by molar-refractivity contribution is -0.101. The van der Waals surface area contributed by atoms with E-state index in [4.69, 9.17) is 0 Å². The van der Waals surface area contributed by atoms with Crippen molar-refractivity contribution in [2.45, 2.75) is 45.5 Å². The van der Waals surface area contributed by atoms with E-state index in [0.717, 1.165) is 6.42 Å². The van der Waals surface area contributed by atoms with Gasteiger partial charge in [0.1, 0.15) is 0 Å². The number of nitrogens with two attached hydrogens (primary N) is 1. The van der Waals surface area contributed by atoms with Gasteiger partial charge >= 0.3 is 0 Å². The number of alkyl halides is 2. The molecule has 0 bridgehead atoms. The maximum atomic E-state index is 13.1. The second-order valence-corrected chi connectivity index (χ2v) is 3.86. The second kappa shape index (κ2) is 5.53. The summed E-state index contributed by atoms with van der Waals surface area (Å²) in [6, 6.07) is 0. The Hall–Kier alpha value is -0.180. The summed E-state index contributed by atoms with van der Waals surface area (Å²) in [5, 5.41) is 0. The monoisotopic (exact) mass is 193 g/mol. The van der Waals surface area contributed by atoms with Crippen LogP contribution in [-0.4, -0.2) is 13.0 Å². The fourth-order valence-corrected chi connectivity index (χ4v) is 1.94. The highest BCUT2D eigenvalue weighted by Gasteiger charge is 2.42. The van der Waals surface area contributed by atoms with E-state index < -0.39 is 5.92 Å². The van der Waals surface area contributed by atoms with Crippen LogP contribution in [0.15, 0.2) is 0 Å². The third-order valence-electron chi connectivity index (χ3n) is 2.62. The topological polar surface area (TPSA) is 26.0 Å². The number of halogens is 2. The van der Waals surface area contributed by atoms with Gasteiger partial charge in [0.05, 0.1) is 0 Å². The molecule has 13 heavy (non-hydrogen) atoms. The van der Waals surface area contributed by atoms with Gasteiger partial charge in [0.15, 0.2) is 0 Å². The van der Waals surface area contributed by atoms with Crippen molar-refractivity contribution in [2.75, 3.05) is 7.05 Å². The van der Waals surface area contributed by atoms with Crippen LogP contribution >= 0.6 is 0 Å². The summed E-state index contributed by atoms with van der Waals surface area (Å²) < 4.78 is 26.2. The SMILES string of the molecule is CC(C)C1CCCCC1(F)F.CN. The van der Waals surface area contributed by atoms with Crippen molar-refractivity contribution in [3.05, 3.63) is 0 Å². The molecule has 0 heterocycles. The van der Waals surface area contributed by atoms with Gasteiger partial charge in [-0.3, -0.25) is 0 Å². The van der Waals surface area contributed by atoms with Crippen LogP contribution in [-0.2, 0) is 0 Å². The van der Waals surface area contributed by atoms with Gasteiger partial charge in [-0.25, -0.2) is 8.78 Å². The molecule has 0 amide bonds. The summed E-state index contributed by atoms with van der Waals surface area (Å²) in [5.74, 6) is -2.62. The first-order valence-electron chi connectivity index (χ1n) is 4.99. The summed E-state index contributed by atoms with van der Waals surface area (Å²) in [6.45, 7) is 3.79. The van der Waals surface area contributed by atoms with Crippen molar-refractivity contribution in [1.82, 2.24) is 0 Å². The Labute approximate surface area is 79.7 Å². The molecule has 1 unspecified atom stereocenters. The first-order chi connectivity index (χ1) is 6.04. The maximum absolute atomic E-state index is 13.1. The molecule has 80 valence electrons. The molecule has 1 rings (SSSR count). The van der Waals surface area contributed by atoms with E-state index in [9.17, 15) is 8.78 Å². The quantitative estimate of drug-likeness (QED) is 0.680. The average Bonchev–Trinajstić information content (AvgIpc) is 2.06. The average molecular weight is 193 g/mol. The normalized spacial score (nSPS) is 26.5. The van der Waals surface area contributed by atoms with E-state index in [2.05, 4.69) is 5.73 Å². The van der Waals surface area contributed by atoms with Crippen molar-refractivity contribution < 1.29 is 8.78 Å². The van der Waals surface area contributed by atoms with Crippen molar-refractivity contribution in [2.24, 2.45) is 17.6 Å². The van der Waals surface area contributed by atoms with Crippen LogP contribution < -0.4 is 5.73 Å². The Morgan fingerprint density at radius 2 is 1.77 bits per heavy atom. The third-order valence-corrected chi connectivity index (χ3v) is 2.62. The molecule has 0 radical (unpaired) electrons. The van der Waals surface area contributed by atoms with Gasteiger partial charge in [-0.05, 0) is 25.8 Å². The summed E-state index contributed by atoms with van der Waals surface area (Å²) in [4.78, 5) is 0. The minimum atomic E-state index is -2.38. The summed E-state index contributed by atoms with van der Waals surface area (Å²) >= 11 is 0. The lowest BCUT2D eigenvalue weighted by Crippen LogP contribution is -2.35. The van der Waals surface area contributed by atoms with Crippen LogP contribution in [0.1, 0.15) is 39.5 Å². The van der Waals surface area contributed by atoms with Crippen molar-refractivity contribution >= 4 is 0 Å². The fourth-order valence-electron chi connectivity index (χ4n) is 1.94. The Morgan fingerprint density at radius 1 is 1.23 bits per heavy atom. The molecule has 0 saturated heterocycles. The second-order valence-electron chi connectivity index (χ2n) is 3.86. The molecule has 0 aromatic carbocycles. The van der Waals surface area contributed by atoms with E-state index in [-0.39, 0.29) is 18.3 Å². The molecule has 1 nitrogen and oxygen atoms in total. The van der Waals surface area contributed by atoms with Crippen LogP contribution in [0.25, 0.3) is 0 Å². The number of rotatable bonds is 1. The summed E-state index contributed by atoms with van der Waals surface area (Å²) in [6.07, 6.45) is 2.51. The summed E-state index contributed by atoms with van der Waals surface area (Å²) in [7, 11) is 1.50. The molecule has 3 heteroatoms. The minimum absolute atomic E-state index is 0.107. The van der Waals surface area contributed by atoms with Crippen LogP contribution in [0.5, 0.6) is 0 Å². The van der Waals surface area contributed by atoms with Crippen LogP contribution in [0.2, 0.25) is 0 Å². The predicted octanol–water partition coefficient (Wildman–Crippen LogP) is 3.04. The lowest BCUT2D eigenvalue weighted by atomic mass is 9.79. The first kappa shape index (κ1) is 12.8. The fraction of sp³-hybridized carbons (Fsp3) is 1.00. The summed E-state index contributed by atoms with van der Waals surface area (Å²) in [5.41, 5.74) is 4.50. The molecular weight excluding hydrogens is 172 g/mol. The van der Waals surface area contributed by atoms with E-state index in [1.807, 2.05) is 13.8 Å². The molecule has 1 saturated carbocycles. The van der Waals surface area contributed by atoms with Crippen molar-refractivity contribution in [1.29, 1.82) is 0 Å². The number of hydrogen-bond acceptors (Lipinski definition) is 1. The van der Waals surface area contributed by atoms with Crippen LogP contribution in [0.4, 0.5) is 8.78 Å². The smallest absolute Gasteiger partial charge is 0.251 e. The van der Waals surface area contributed by atoms with Gasteiger partial charge in [0.2, 0.25) is 0 Å². The van der Waals surface area contributed by atoms with Gasteiger partial charge in [-0.2, -0.15) is 0 Å². The Morgan fingerprint density at radius 3 is 2.08 bits per heavy atom. The van der Waals surface area contributed by atoms with Crippen molar-refractivity contribution in [3.8, 4) is 0 Å². The third kappa shape index (κ3) is 3.59. The Bertz CT molecular complexity index is 135. The van der Waals surface area contributed by atoms with Crippen LogP contribution in [0.3, 0.4) is 0 Å². The highest BCUT2D eigenvalue weighted by Crippen LogP contribution is 2.42. The zero-order chi connectivity index (χ0) is 10.5.